The minimum atomic E-state index is -0.585. The Morgan fingerprint density at radius 3 is 2.83 bits per heavy atom. The number of ether oxygens (including phenoxy) is 1. The minimum Gasteiger partial charge on any atom is -0.480 e. The third-order valence-corrected chi connectivity index (χ3v) is 7.58. The lowest BCUT2D eigenvalue weighted by molar-refractivity contribution is -0.145. The molecular weight excluding hydrogens is 268 g/mol. The second-order valence-electron chi connectivity index (χ2n) is 5.67. The van der Waals surface area contributed by atoms with Gasteiger partial charge in [-0.05, 0) is 49.5 Å². The van der Waals surface area contributed by atoms with Gasteiger partial charge in [-0.2, -0.15) is 11.8 Å². The van der Waals surface area contributed by atoms with E-state index in [1.54, 1.807) is 11.8 Å². The Hall–Kier alpha value is 0.130. The maximum atomic E-state index is 11.8. The van der Waals surface area contributed by atoms with Crippen molar-refractivity contribution < 1.29 is 14.6 Å². The van der Waals surface area contributed by atoms with Crippen molar-refractivity contribution in [3.63, 3.8) is 0 Å². The molecule has 3 nitrogen and oxygen atoms in total. The zero-order valence-corrected chi connectivity index (χ0v) is 12.2. The molecule has 102 valence electrons. The highest BCUT2D eigenvalue weighted by Crippen LogP contribution is 2.52. The van der Waals surface area contributed by atoms with Crippen LogP contribution in [0.5, 0.6) is 0 Å². The molecular formula is C13H20O3S2. The fraction of sp³-hybridized carbons (Fsp3) is 0.923. The number of carboxylic acids is 1. The van der Waals surface area contributed by atoms with Crippen LogP contribution < -0.4 is 0 Å². The molecule has 3 atom stereocenters. The van der Waals surface area contributed by atoms with E-state index in [9.17, 15) is 9.90 Å². The maximum Gasteiger partial charge on any atom is 0.320 e. The van der Waals surface area contributed by atoms with Gasteiger partial charge < -0.3 is 9.84 Å². The van der Waals surface area contributed by atoms with Gasteiger partial charge in [-0.3, -0.25) is 4.79 Å². The first-order chi connectivity index (χ1) is 8.67. The molecule has 0 amide bonds. The van der Waals surface area contributed by atoms with Gasteiger partial charge in [0.25, 0.3) is 0 Å². The molecule has 18 heavy (non-hydrogen) atoms. The molecule has 0 aromatic carbocycles. The summed E-state index contributed by atoms with van der Waals surface area (Å²) in [5, 5.41) is 9.68. The monoisotopic (exact) mass is 288 g/mol. The van der Waals surface area contributed by atoms with Gasteiger partial charge in [0.15, 0.2) is 0 Å². The zero-order valence-electron chi connectivity index (χ0n) is 10.5. The first-order valence-electron chi connectivity index (χ1n) is 6.76. The van der Waals surface area contributed by atoms with Gasteiger partial charge in [0.05, 0.1) is 5.60 Å². The standard InChI is InChI=1S/C13H20O3S2/c14-11(15)13(3-1-6-18-13)10-2-5-16-12(8-10)4-7-17-9-12/h10H,1-9H2,(H,14,15). The summed E-state index contributed by atoms with van der Waals surface area (Å²) in [5.74, 6) is 2.95. The Balaban J connectivity index is 1.80. The molecule has 5 heteroatoms. The minimum absolute atomic E-state index is 0.000810. The third kappa shape index (κ3) is 2.08. The molecule has 3 unspecified atom stereocenters. The molecule has 3 fully saturated rings. The van der Waals surface area contributed by atoms with E-state index < -0.39 is 10.7 Å². The van der Waals surface area contributed by atoms with Crippen molar-refractivity contribution >= 4 is 29.5 Å². The molecule has 3 heterocycles. The smallest absolute Gasteiger partial charge is 0.320 e. The van der Waals surface area contributed by atoms with Crippen molar-refractivity contribution in [1.29, 1.82) is 0 Å². The summed E-state index contributed by atoms with van der Waals surface area (Å²) in [6.07, 6.45) is 4.89. The van der Waals surface area contributed by atoms with Crippen molar-refractivity contribution in [2.24, 2.45) is 5.92 Å². The van der Waals surface area contributed by atoms with E-state index in [1.807, 2.05) is 11.8 Å². The average molecular weight is 288 g/mol. The van der Waals surface area contributed by atoms with E-state index in [0.29, 0.717) is 5.92 Å². The molecule has 0 aromatic heterocycles. The molecule has 0 aliphatic carbocycles. The van der Waals surface area contributed by atoms with Crippen LogP contribution in [0.1, 0.15) is 32.1 Å². The van der Waals surface area contributed by atoms with Crippen LogP contribution in [0.25, 0.3) is 0 Å². The van der Waals surface area contributed by atoms with Gasteiger partial charge in [0.1, 0.15) is 4.75 Å². The van der Waals surface area contributed by atoms with Gasteiger partial charge in [-0.25, -0.2) is 0 Å². The van der Waals surface area contributed by atoms with Crippen LogP contribution in [0, 0.1) is 5.92 Å². The number of thioether (sulfide) groups is 2. The normalized spacial score (nSPS) is 44.6. The number of aliphatic carboxylic acids is 1. The Morgan fingerprint density at radius 1 is 1.33 bits per heavy atom. The molecule has 3 aliphatic rings. The van der Waals surface area contributed by atoms with Gasteiger partial charge in [0, 0.05) is 12.4 Å². The van der Waals surface area contributed by atoms with Gasteiger partial charge in [-0.15, -0.1) is 11.8 Å². The largest absolute Gasteiger partial charge is 0.480 e. The van der Waals surface area contributed by atoms with Crippen LogP contribution in [-0.4, -0.2) is 45.3 Å². The Kier molecular flexibility index (Phi) is 3.58. The van der Waals surface area contributed by atoms with Crippen molar-refractivity contribution in [2.45, 2.75) is 42.5 Å². The Bertz CT molecular complexity index is 333. The molecule has 3 rings (SSSR count). The highest BCUT2D eigenvalue weighted by molar-refractivity contribution is 8.01. The Labute approximate surface area is 116 Å². The highest BCUT2D eigenvalue weighted by atomic mass is 32.2. The van der Waals surface area contributed by atoms with Crippen LogP contribution in [0.2, 0.25) is 0 Å². The second kappa shape index (κ2) is 4.91. The number of carboxylic acid groups (broad SMARTS) is 1. The summed E-state index contributed by atoms with van der Waals surface area (Å²) in [6, 6.07) is 0. The third-order valence-electron chi connectivity index (χ3n) is 4.63. The fourth-order valence-electron chi connectivity index (χ4n) is 3.62. The van der Waals surface area contributed by atoms with Crippen molar-refractivity contribution in [3.8, 4) is 0 Å². The second-order valence-corrected chi connectivity index (χ2v) is 8.20. The molecule has 0 radical (unpaired) electrons. The fourth-order valence-corrected chi connectivity index (χ4v) is 6.50. The topological polar surface area (TPSA) is 46.5 Å². The van der Waals surface area contributed by atoms with Crippen LogP contribution in [0.3, 0.4) is 0 Å². The van der Waals surface area contributed by atoms with Crippen LogP contribution in [0.15, 0.2) is 0 Å². The molecule has 1 spiro atoms. The molecule has 1 N–H and O–H groups in total. The molecule has 0 saturated carbocycles. The maximum absolute atomic E-state index is 11.8. The summed E-state index contributed by atoms with van der Waals surface area (Å²) in [5.41, 5.74) is -0.000810. The van der Waals surface area contributed by atoms with Crippen molar-refractivity contribution in [1.82, 2.24) is 0 Å². The first-order valence-corrected chi connectivity index (χ1v) is 8.90. The van der Waals surface area contributed by atoms with Gasteiger partial charge in [-0.1, -0.05) is 0 Å². The lowest BCUT2D eigenvalue weighted by Crippen LogP contribution is -2.49. The lowest BCUT2D eigenvalue weighted by Gasteiger charge is -2.43. The van der Waals surface area contributed by atoms with E-state index in [0.717, 1.165) is 50.2 Å². The van der Waals surface area contributed by atoms with E-state index in [-0.39, 0.29) is 5.60 Å². The number of hydrogen-bond acceptors (Lipinski definition) is 4. The number of hydrogen-bond donors (Lipinski definition) is 1. The Morgan fingerprint density at radius 2 is 2.22 bits per heavy atom. The molecule has 0 aromatic rings. The van der Waals surface area contributed by atoms with Gasteiger partial charge >= 0.3 is 5.97 Å². The highest BCUT2D eigenvalue weighted by Gasteiger charge is 2.53. The summed E-state index contributed by atoms with van der Waals surface area (Å²) in [6.45, 7) is 0.751. The van der Waals surface area contributed by atoms with Crippen LogP contribution >= 0.6 is 23.5 Å². The van der Waals surface area contributed by atoms with E-state index >= 15 is 0 Å². The average Bonchev–Trinajstić information content (AvgIpc) is 2.99. The summed E-state index contributed by atoms with van der Waals surface area (Å²) in [4.78, 5) is 11.8. The van der Waals surface area contributed by atoms with Crippen molar-refractivity contribution in [2.75, 3.05) is 23.9 Å². The predicted octanol–water partition coefficient (Wildman–Crippen LogP) is 2.64. The van der Waals surface area contributed by atoms with Gasteiger partial charge in [0.2, 0.25) is 0 Å². The molecule has 0 bridgehead atoms. The zero-order chi connectivity index (χ0) is 12.6. The lowest BCUT2D eigenvalue weighted by atomic mass is 9.76. The quantitative estimate of drug-likeness (QED) is 0.846. The first kappa shape index (κ1) is 13.1. The molecule has 3 saturated heterocycles. The summed E-state index contributed by atoms with van der Waals surface area (Å²) >= 11 is 3.64. The molecule has 3 aliphatic heterocycles. The van der Waals surface area contributed by atoms with E-state index in [2.05, 4.69) is 0 Å². The number of carbonyl (C=O) groups is 1. The van der Waals surface area contributed by atoms with Crippen LogP contribution in [0.4, 0.5) is 0 Å². The SMILES string of the molecule is O=C(O)C1(C2CCOC3(CCSC3)C2)CCCS1. The predicted molar refractivity (Wildman–Crippen MR) is 75.4 cm³/mol. The van der Waals surface area contributed by atoms with E-state index in [1.165, 1.54) is 5.75 Å². The van der Waals surface area contributed by atoms with Crippen molar-refractivity contribution in [3.05, 3.63) is 0 Å². The summed E-state index contributed by atoms with van der Waals surface area (Å²) in [7, 11) is 0. The summed E-state index contributed by atoms with van der Waals surface area (Å²) < 4.78 is 5.51. The number of rotatable bonds is 2. The van der Waals surface area contributed by atoms with Crippen LogP contribution in [-0.2, 0) is 9.53 Å². The van der Waals surface area contributed by atoms with E-state index in [4.69, 9.17) is 4.74 Å².